The van der Waals surface area contributed by atoms with E-state index in [1.165, 1.54) is 0 Å². The van der Waals surface area contributed by atoms with Gasteiger partial charge in [0, 0.05) is 64.3 Å². The number of hydrogen-bond acceptors (Lipinski definition) is 4. The Kier molecular flexibility index (Phi) is 7.64. The summed E-state index contributed by atoms with van der Waals surface area (Å²) in [7, 11) is 7.98. The van der Waals surface area contributed by atoms with E-state index < -0.39 is 5.97 Å². The molecule has 0 atom stereocenters. The highest BCUT2D eigenvalue weighted by Gasteiger charge is 2.24. The minimum Gasteiger partial charge on any atom is -0.478 e. The molecule has 3 rings (SSSR count). The number of benzene rings is 3. The zero-order valence-corrected chi connectivity index (χ0v) is 20.5. The Balaban J connectivity index is 2.17. The van der Waals surface area contributed by atoms with Gasteiger partial charge in [-0.15, -0.1) is 0 Å². The summed E-state index contributed by atoms with van der Waals surface area (Å²) in [5.74, 6) is -1.10. The van der Waals surface area contributed by atoms with Crippen LogP contribution in [-0.2, 0) is 0 Å². The van der Waals surface area contributed by atoms with Crippen molar-refractivity contribution in [3.05, 3.63) is 89.0 Å². The first-order chi connectivity index (χ1) is 15.8. The summed E-state index contributed by atoms with van der Waals surface area (Å²) in [4.78, 5) is 18.6. The summed E-state index contributed by atoms with van der Waals surface area (Å²) in [5.41, 5.74) is 6.41. The van der Waals surface area contributed by atoms with E-state index in [0.29, 0.717) is 5.56 Å². The van der Waals surface area contributed by atoms with Crippen molar-refractivity contribution >= 4 is 23.0 Å². The van der Waals surface area contributed by atoms with Crippen molar-refractivity contribution in [2.24, 2.45) is 0 Å². The lowest BCUT2D eigenvalue weighted by molar-refractivity contribution is 0.0695. The topological polar surface area (TPSA) is 47.0 Å². The van der Waals surface area contributed by atoms with Gasteiger partial charge < -0.3 is 19.8 Å². The molecule has 0 saturated heterocycles. The smallest absolute Gasteiger partial charge is 0.336 e. The molecule has 0 aliphatic carbocycles. The van der Waals surface area contributed by atoms with Gasteiger partial charge in [0.25, 0.3) is 0 Å². The predicted molar refractivity (Wildman–Crippen MR) is 139 cm³/mol. The lowest BCUT2D eigenvalue weighted by Crippen LogP contribution is -2.17. The van der Waals surface area contributed by atoms with Crippen LogP contribution in [0.4, 0.5) is 17.1 Å². The highest BCUT2D eigenvalue weighted by molar-refractivity contribution is 5.91. The lowest BCUT2D eigenvalue weighted by Gasteiger charge is -2.25. The van der Waals surface area contributed by atoms with Crippen LogP contribution >= 0.6 is 0 Å². The van der Waals surface area contributed by atoms with E-state index in [0.717, 1.165) is 46.8 Å². The Hall–Kier alpha value is -3.47. The van der Waals surface area contributed by atoms with Gasteiger partial charge in [0.05, 0.1) is 5.56 Å². The molecule has 0 heterocycles. The molecule has 5 heteroatoms. The number of carbonyl (C=O) groups is 1. The van der Waals surface area contributed by atoms with Crippen molar-refractivity contribution in [1.29, 1.82) is 0 Å². The molecule has 0 fully saturated rings. The van der Waals surface area contributed by atoms with Gasteiger partial charge in [-0.1, -0.05) is 30.3 Å². The molecule has 0 spiro atoms. The second kappa shape index (κ2) is 10.4. The average Bonchev–Trinajstić information content (AvgIpc) is 2.84. The first-order valence-electron chi connectivity index (χ1n) is 11.4. The fraction of sp³-hybridized carbons (Fsp3) is 0.321. The Morgan fingerprint density at radius 2 is 1.15 bits per heavy atom. The third kappa shape index (κ3) is 5.30. The third-order valence-corrected chi connectivity index (χ3v) is 6.38. The van der Waals surface area contributed by atoms with Crippen LogP contribution in [0, 0.1) is 0 Å². The number of anilines is 3. The fourth-order valence-corrected chi connectivity index (χ4v) is 4.02. The van der Waals surface area contributed by atoms with Crippen molar-refractivity contribution in [3.8, 4) is 0 Å². The standard InChI is InChI=1S/C28H35N3O2/c1-7-30(5)22-13-9-20(10-14-22)27(21-11-15-23(16-12-21)31(6)8-2)25-18-17-24(29(3)4)19-26(25)28(32)33/h9-19,27H,7-8H2,1-6H3,(H,32,33). The van der Waals surface area contributed by atoms with Crippen LogP contribution in [0.5, 0.6) is 0 Å². The minimum absolute atomic E-state index is 0.186. The number of aromatic carboxylic acids is 1. The number of rotatable bonds is 9. The third-order valence-electron chi connectivity index (χ3n) is 6.38. The highest BCUT2D eigenvalue weighted by Crippen LogP contribution is 2.37. The van der Waals surface area contributed by atoms with Crippen LogP contribution in [-0.4, -0.2) is 52.4 Å². The average molecular weight is 446 g/mol. The summed E-state index contributed by atoms with van der Waals surface area (Å²) < 4.78 is 0. The second-order valence-electron chi connectivity index (χ2n) is 8.62. The molecule has 0 aliphatic heterocycles. The molecule has 174 valence electrons. The van der Waals surface area contributed by atoms with E-state index >= 15 is 0 Å². The molecular formula is C28H35N3O2. The lowest BCUT2D eigenvalue weighted by atomic mass is 9.82. The molecular weight excluding hydrogens is 410 g/mol. The SMILES string of the molecule is CCN(C)c1ccc(C(c2ccc(N(C)CC)cc2)c2ccc(N(C)C)cc2C(=O)O)cc1. The molecule has 0 unspecified atom stereocenters. The van der Waals surface area contributed by atoms with E-state index in [1.54, 1.807) is 6.07 Å². The van der Waals surface area contributed by atoms with Crippen LogP contribution in [0.3, 0.4) is 0 Å². The number of carboxylic acids is 1. The summed E-state index contributed by atoms with van der Waals surface area (Å²) in [5, 5.41) is 10.1. The Bertz CT molecular complexity index is 1020. The van der Waals surface area contributed by atoms with Gasteiger partial charge in [-0.05, 0) is 66.9 Å². The van der Waals surface area contributed by atoms with Crippen LogP contribution in [0.2, 0.25) is 0 Å². The van der Waals surface area contributed by atoms with Crippen molar-refractivity contribution < 1.29 is 9.90 Å². The molecule has 5 nitrogen and oxygen atoms in total. The van der Waals surface area contributed by atoms with Gasteiger partial charge >= 0.3 is 5.97 Å². The largest absolute Gasteiger partial charge is 0.478 e. The molecule has 0 radical (unpaired) electrons. The quantitative estimate of drug-likeness (QED) is 0.438. The highest BCUT2D eigenvalue weighted by atomic mass is 16.4. The van der Waals surface area contributed by atoms with Crippen molar-refractivity contribution in [3.63, 3.8) is 0 Å². The molecule has 3 aromatic rings. The van der Waals surface area contributed by atoms with E-state index in [9.17, 15) is 9.90 Å². The zero-order chi connectivity index (χ0) is 24.1. The number of nitrogens with zero attached hydrogens (tertiary/aromatic N) is 3. The van der Waals surface area contributed by atoms with Gasteiger partial charge in [-0.3, -0.25) is 0 Å². The van der Waals surface area contributed by atoms with Gasteiger partial charge in [0.1, 0.15) is 0 Å². The Labute approximate surface area is 197 Å². The van der Waals surface area contributed by atoms with E-state index in [2.05, 4.69) is 86.3 Å². The molecule has 0 amide bonds. The normalized spacial score (nSPS) is 10.9. The summed E-state index contributed by atoms with van der Waals surface area (Å²) in [6.45, 7) is 6.09. The summed E-state index contributed by atoms with van der Waals surface area (Å²) in [6.07, 6.45) is 0. The number of carboxylic acid groups (broad SMARTS) is 1. The molecule has 1 N–H and O–H groups in total. The van der Waals surface area contributed by atoms with E-state index in [4.69, 9.17) is 0 Å². The maximum atomic E-state index is 12.3. The van der Waals surface area contributed by atoms with Crippen LogP contribution in [0.25, 0.3) is 0 Å². The monoisotopic (exact) mass is 445 g/mol. The molecule has 0 aliphatic rings. The van der Waals surface area contributed by atoms with Gasteiger partial charge in [-0.2, -0.15) is 0 Å². The summed E-state index contributed by atoms with van der Waals surface area (Å²) >= 11 is 0. The first kappa shape index (κ1) is 24.2. The van der Waals surface area contributed by atoms with Gasteiger partial charge in [0.15, 0.2) is 0 Å². The second-order valence-corrected chi connectivity index (χ2v) is 8.62. The van der Waals surface area contributed by atoms with Gasteiger partial charge in [0.2, 0.25) is 0 Å². The molecule has 33 heavy (non-hydrogen) atoms. The van der Waals surface area contributed by atoms with Crippen LogP contribution in [0.15, 0.2) is 66.7 Å². The fourth-order valence-electron chi connectivity index (χ4n) is 4.02. The van der Waals surface area contributed by atoms with E-state index in [1.807, 2.05) is 31.1 Å². The van der Waals surface area contributed by atoms with Crippen molar-refractivity contribution in [2.75, 3.05) is 56.0 Å². The molecule has 0 saturated carbocycles. The number of hydrogen-bond donors (Lipinski definition) is 1. The van der Waals surface area contributed by atoms with Gasteiger partial charge in [-0.25, -0.2) is 4.79 Å². The maximum Gasteiger partial charge on any atom is 0.336 e. The van der Waals surface area contributed by atoms with Crippen LogP contribution in [0.1, 0.15) is 46.8 Å². The first-order valence-corrected chi connectivity index (χ1v) is 11.4. The Morgan fingerprint density at radius 3 is 1.52 bits per heavy atom. The predicted octanol–water partition coefficient (Wildman–Crippen LogP) is 5.54. The molecule has 0 bridgehead atoms. The minimum atomic E-state index is -0.914. The Morgan fingerprint density at radius 1 is 0.727 bits per heavy atom. The van der Waals surface area contributed by atoms with Crippen LogP contribution < -0.4 is 14.7 Å². The summed E-state index contributed by atoms with van der Waals surface area (Å²) in [6, 6.07) is 22.6. The van der Waals surface area contributed by atoms with Crippen molar-refractivity contribution in [1.82, 2.24) is 0 Å². The molecule has 3 aromatic carbocycles. The van der Waals surface area contributed by atoms with E-state index in [-0.39, 0.29) is 5.92 Å². The van der Waals surface area contributed by atoms with Crippen molar-refractivity contribution in [2.45, 2.75) is 19.8 Å². The maximum absolute atomic E-state index is 12.3. The zero-order valence-electron chi connectivity index (χ0n) is 20.5. The molecule has 0 aromatic heterocycles.